The molecule has 0 bridgehead atoms. The van der Waals surface area contributed by atoms with Crippen molar-refractivity contribution in [3.05, 3.63) is 0 Å². The average molecular weight is 154 g/mol. The lowest BCUT2D eigenvalue weighted by Gasteiger charge is -1.90. The van der Waals surface area contributed by atoms with Gasteiger partial charge in [0.25, 0.3) is 0 Å². The fraction of sp³-hybridized carbons (Fsp3) is 1.00. The second-order valence-electron chi connectivity index (χ2n) is 1.46. The molecule has 0 aliphatic carbocycles. The standard InChI is InChI=1S/C4H10O2S2/c5-8(6)4-2-1-3-7/h7H,1-4H2,(H,5,6). The zero-order chi connectivity index (χ0) is 6.41. The molecule has 0 radical (unpaired) electrons. The van der Waals surface area contributed by atoms with Gasteiger partial charge in [-0.25, -0.2) is 4.21 Å². The Bertz CT molecular complexity index is 74.4. The van der Waals surface area contributed by atoms with Gasteiger partial charge in [0, 0.05) is 5.75 Å². The maximum atomic E-state index is 9.96. The third-order valence-corrected chi connectivity index (χ3v) is 1.68. The van der Waals surface area contributed by atoms with E-state index in [1.54, 1.807) is 0 Å². The Labute approximate surface area is 57.4 Å². The minimum absolute atomic E-state index is 0.389. The first-order chi connectivity index (χ1) is 3.77. The quantitative estimate of drug-likeness (QED) is 0.359. The molecule has 0 fully saturated rings. The molecule has 1 N–H and O–H groups in total. The largest absolute Gasteiger partial charge is 0.306 e. The first-order valence-corrected chi connectivity index (χ1v) is 4.36. The van der Waals surface area contributed by atoms with Crippen molar-refractivity contribution in [2.45, 2.75) is 12.8 Å². The lowest BCUT2D eigenvalue weighted by atomic mass is 10.4. The normalized spacial score (nSPS) is 13.8. The summed E-state index contributed by atoms with van der Waals surface area (Å²) < 4.78 is 18.2. The summed E-state index contributed by atoms with van der Waals surface area (Å²) in [4.78, 5) is 0. The molecule has 0 aromatic carbocycles. The Kier molecular flexibility index (Phi) is 5.92. The van der Waals surface area contributed by atoms with Gasteiger partial charge in [-0.15, -0.1) is 0 Å². The minimum Gasteiger partial charge on any atom is -0.306 e. The van der Waals surface area contributed by atoms with E-state index in [2.05, 4.69) is 12.6 Å². The molecule has 50 valence electrons. The molecule has 8 heavy (non-hydrogen) atoms. The minimum atomic E-state index is -1.60. The lowest BCUT2D eigenvalue weighted by Crippen LogP contribution is -1.94. The fourth-order valence-corrected chi connectivity index (χ4v) is 1.01. The average Bonchev–Trinajstić information content (AvgIpc) is 1.66. The number of rotatable bonds is 4. The molecule has 1 atom stereocenters. The van der Waals surface area contributed by atoms with Crippen LogP contribution in [0.3, 0.4) is 0 Å². The zero-order valence-electron chi connectivity index (χ0n) is 4.54. The maximum absolute atomic E-state index is 9.96. The smallest absolute Gasteiger partial charge is 0.152 e. The topological polar surface area (TPSA) is 37.3 Å². The van der Waals surface area contributed by atoms with Gasteiger partial charge in [-0.2, -0.15) is 12.6 Å². The Morgan fingerprint density at radius 2 is 2.12 bits per heavy atom. The second-order valence-corrected chi connectivity index (χ2v) is 2.95. The lowest BCUT2D eigenvalue weighted by molar-refractivity contribution is 0.561. The number of thiol groups is 1. The Morgan fingerprint density at radius 1 is 1.50 bits per heavy atom. The van der Waals surface area contributed by atoms with Crippen LogP contribution in [0.2, 0.25) is 0 Å². The van der Waals surface area contributed by atoms with Crippen LogP contribution in [-0.2, 0) is 11.1 Å². The molecule has 0 aliphatic heterocycles. The van der Waals surface area contributed by atoms with Crippen molar-refractivity contribution in [1.29, 1.82) is 0 Å². The summed E-state index contributed by atoms with van der Waals surface area (Å²) in [5.41, 5.74) is 0. The molecule has 0 amide bonds. The summed E-state index contributed by atoms with van der Waals surface area (Å²) >= 11 is 2.34. The van der Waals surface area contributed by atoms with Crippen LogP contribution in [0.5, 0.6) is 0 Å². The summed E-state index contributed by atoms with van der Waals surface area (Å²) in [6.45, 7) is 0. The van der Waals surface area contributed by atoms with Gasteiger partial charge in [-0.3, -0.25) is 0 Å². The van der Waals surface area contributed by atoms with Crippen molar-refractivity contribution in [2.75, 3.05) is 11.5 Å². The Hall–Kier alpha value is 0.460. The van der Waals surface area contributed by atoms with Gasteiger partial charge >= 0.3 is 0 Å². The summed E-state index contributed by atoms with van der Waals surface area (Å²) in [5.74, 6) is 1.19. The van der Waals surface area contributed by atoms with E-state index in [1.807, 2.05) is 0 Å². The molecule has 0 heterocycles. The molecular weight excluding hydrogens is 144 g/mol. The van der Waals surface area contributed by atoms with E-state index >= 15 is 0 Å². The predicted octanol–water partition coefficient (Wildman–Crippen LogP) is 0.918. The molecule has 2 nitrogen and oxygen atoms in total. The van der Waals surface area contributed by atoms with Crippen molar-refractivity contribution < 1.29 is 8.76 Å². The summed E-state index contributed by atoms with van der Waals surface area (Å²) in [6.07, 6.45) is 1.72. The third kappa shape index (κ3) is 6.46. The van der Waals surface area contributed by atoms with E-state index < -0.39 is 11.1 Å². The highest BCUT2D eigenvalue weighted by Gasteiger charge is 1.90. The van der Waals surface area contributed by atoms with Crippen molar-refractivity contribution in [2.24, 2.45) is 0 Å². The van der Waals surface area contributed by atoms with Gasteiger partial charge in [-0.1, -0.05) is 0 Å². The molecule has 0 rings (SSSR count). The Balaban J connectivity index is 2.82. The van der Waals surface area contributed by atoms with Crippen molar-refractivity contribution in [1.82, 2.24) is 0 Å². The van der Waals surface area contributed by atoms with Crippen LogP contribution in [0.25, 0.3) is 0 Å². The van der Waals surface area contributed by atoms with E-state index in [0.717, 1.165) is 18.6 Å². The molecule has 0 saturated carbocycles. The van der Waals surface area contributed by atoms with E-state index in [0.29, 0.717) is 5.75 Å². The van der Waals surface area contributed by atoms with Crippen LogP contribution in [0.1, 0.15) is 12.8 Å². The second kappa shape index (κ2) is 5.59. The monoisotopic (exact) mass is 154 g/mol. The van der Waals surface area contributed by atoms with Gasteiger partial charge in [0.15, 0.2) is 11.1 Å². The molecule has 1 unspecified atom stereocenters. The van der Waals surface area contributed by atoms with Crippen LogP contribution in [0.4, 0.5) is 0 Å². The highest BCUT2D eigenvalue weighted by atomic mass is 32.2. The fourth-order valence-electron chi connectivity index (χ4n) is 0.337. The van der Waals surface area contributed by atoms with Gasteiger partial charge < -0.3 is 4.55 Å². The number of unbranched alkanes of at least 4 members (excludes halogenated alkanes) is 1. The van der Waals surface area contributed by atoms with Crippen LogP contribution in [0.15, 0.2) is 0 Å². The highest BCUT2D eigenvalue weighted by Crippen LogP contribution is 1.91. The van der Waals surface area contributed by atoms with E-state index in [-0.39, 0.29) is 0 Å². The molecular formula is C4H10O2S2. The predicted molar refractivity (Wildman–Crippen MR) is 38.7 cm³/mol. The van der Waals surface area contributed by atoms with Crippen LogP contribution in [-0.4, -0.2) is 20.3 Å². The van der Waals surface area contributed by atoms with Crippen LogP contribution in [0, 0.1) is 0 Å². The molecule has 4 heteroatoms. The first kappa shape index (κ1) is 8.46. The molecule has 0 aliphatic rings. The SMILES string of the molecule is O=S(O)CCCCS. The number of hydrogen-bond donors (Lipinski definition) is 2. The van der Waals surface area contributed by atoms with Gasteiger partial charge in [0.05, 0.1) is 0 Å². The maximum Gasteiger partial charge on any atom is 0.152 e. The van der Waals surface area contributed by atoms with Crippen molar-refractivity contribution in [3.8, 4) is 0 Å². The summed E-state index contributed by atoms with van der Waals surface area (Å²) in [6, 6.07) is 0. The first-order valence-electron chi connectivity index (χ1n) is 2.45. The van der Waals surface area contributed by atoms with Crippen LogP contribution < -0.4 is 0 Å². The molecule has 0 aromatic rings. The van der Waals surface area contributed by atoms with E-state index in [4.69, 9.17) is 4.55 Å². The van der Waals surface area contributed by atoms with Gasteiger partial charge in [-0.05, 0) is 18.6 Å². The van der Waals surface area contributed by atoms with Gasteiger partial charge in [0.1, 0.15) is 0 Å². The molecule has 0 spiro atoms. The summed E-state index contributed by atoms with van der Waals surface area (Å²) in [7, 11) is 0. The van der Waals surface area contributed by atoms with Crippen LogP contribution >= 0.6 is 12.6 Å². The zero-order valence-corrected chi connectivity index (χ0v) is 6.25. The highest BCUT2D eigenvalue weighted by molar-refractivity contribution is 7.80. The van der Waals surface area contributed by atoms with Gasteiger partial charge in [0.2, 0.25) is 0 Å². The molecule has 0 saturated heterocycles. The number of hydrogen-bond acceptors (Lipinski definition) is 2. The van der Waals surface area contributed by atoms with Crippen molar-refractivity contribution >= 4 is 23.7 Å². The van der Waals surface area contributed by atoms with Crippen molar-refractivity contribution in [3.63, 3.8) is 0 Å². The van der Waals surface area contributed by atoms with E-state index in [1.165, 1.54) is 0 Å². The Morgan fingerprint density at radius 3 is 2.50 bits per heavy atom. The van der Waals surface area contributed by atoms with E-state index in [9.17, 15) is 4.21 Å². The third-order valence-electron chi connectivity index (χ3n) is 0.727. The molecule has 0 aromatic heterocycles. The summed E-state index contributed by atoms with van der Waals surface area (Å²) in [5, 5.41) is 0.